The predicted molar refractivity (Wildman–Crippen MR) is 119 cm³/mol. The van der Waals surface area contributed by atoms with Crippen LogP contribution in [-0.2, 0) is 21.2 Å². The van der Waals surface area contributed by atoms with Crippen molar-refractivity contribution < 1.29 is 13.2 Å². The summed E-state index contributed by atoms with van der Waals surface area (Å²) in [5.41, 5.74) is 0.935. The Labute approximate surface area is 186 Å². The van der Waals surface area contributed by atoms with Gasteiger partial charge < -0.3 is 10.2 Å². The Hall–Kier alpha value is -3.31. The number of amides is 1. The first-order valence-corrected chi connectivity index (χ1v) is 11.9. The van der Waals surface area contributed by atoms with Gasteiger partial charge in [-0.2, -0.15) is 0 Å². The van der Waals surface area contributed by atoms with Gasteiger partial charge in [-0.25, -0.2) is 28.5 Å². The van der Waals surface area contributed by atoms with Gasteiger partial charge >= 0.3 is 0 Å². The molecular formula is C21H25N7O3S. The number of nitrogens with zero attached hydrogens (tertiary/aromatic N) is 5. The molecule has 4 rings (SSSR count). The average molecular weight is 456 g/mol. The smallest absolute Gasteiger partial charge is 0.238 e. The van der Waals surface area contributed by atoms with Crippen molar-refractivity contribution in [3.63, 3.8) is 0 Å². The highest BCUT2D eigenvalue weighted by molar-refractivity contribution is 7.89. The molecule has 1 amide bonds. The van der Waals surface area contributed by atoms with Crippen LogP contribution in [0.15, 0.2) is 60.3 Å². The fourth-order valence-corrected chi connectivity index (χ4v) is 4.25. The normalized spacial score (nSPS) is 15.0. The van der Waals surface area contributed by atoms with Gasteiger partial charge in [0.05, 0.1) is 4.90 Å². The van der Waals surface area contributed by atoms with E-state index in [1.165, 1.54) is 12.1 Å². The van der Waals surface area contributed by atoms with Crippen molar-refractivity contribution >= 4 is 21.7 Å². The van der Waals surface area contributed by atoms with E-state index in [2.05, 4.69) is 25.2 Å². The number of rotatable bonds is 7. The molecule has 0 spiro atoms. The number of anilines is 1. The first kappa shape index (κ1) is 21.9. The van der Waals surface area contributed by atoms with Crippen molar-refractivity contribution in [2.45, 2.75) is 24.2 Å². The second kappa shape index (κ2) is 9.45. The van der Waals surface area contributed by atoms with Crippen LogP contribution in [0.5, 0.6) is 0 Å². The lowest BCUT2D eigenvalue weighted by Crippen LogP contribution is -2.41. The molecule has 3 heterocycles. The number of hydrogen-bond acceptors (Lipinski definition) is 7. The van der Waals surface area contributed by atoms with E-state index in [1.54, 1.807) is 31.0 Å². The average Bonchev–Trinajstić information content (AvgIpc) is 3.34. The monoisotopic (exact) mass is 455 g/mol. The van der Waals surface area contributed by atoms with Gasteiger partial charge in [0.2, 0.25) is 15.9 Å². The molecule has 32 heavy (non-hydrogen) atoms. The van der Waals surface area contributed by atoms with Crippen LogP contribution in [0.25, 0.3) is 5.82 Å². The van der Waals surface area contributed by atoms with E-state index >= 15 is 0 Å². The minimum Gasteiger partial charge on any atom is -0.356 e. The second-order valence-corrected chi connectivity index (χ2v) is 9.26. The molecule has 0 atom stereocenters. The van der Waals surface area contributed by atoms with Gasteiger partial charge in [0.25, 0.3) is 0 Å². The molecule has 1 aromatic carbocycles. The fourth-order valence-electron chi connectivity index (χ4n) is 3.74. The Morgan fingerprint density at radius 3 is 2.50 bits per heavy atom. The lowest BCUT2D eigenvalue weighted by atomic mass is 9.96. The van der Waals surface area contributed by atoms with Crippen LogP contribution in [0.3, 0.4) is 0 Å². The third-order valence-corrected chi connectivity index (χ3v) is 6.49. The molecule has 168 valence electrons. The molecule has 0 radical (unpaired) electrons. The number of carbonyl (C=O) groups excluding carboxylic acids is 1. The van der Waals surface area contributed by atoms with E-state index in [1.807, 2.05) is 16.8 Å². The van der Waals surface area contributed by atoms with Crippen molar-refractivity contribution in [1.29, 1.82) is 0 Å². The summed E-state index contributed by atoms with van der Waals surface area (Å²) in [6, 6.07) is 8.30. The molecule has 1 aliphatic heterocycles. The zero-order valence-electron chi connectivity index (χ0n) is 17.5. The quantitative estimate of drug-likeness (QED) is 0.540. The number of piperidine rings is 1. The molecule has 1 saturated heterocycles. The summed E-state index contributed by atoms with van der Waals surface area (Å²) in [5.74, 6) is 1.61. The fraction of sp³-hybridized carbons (Fsp3) is 0.333. The molecule has 3 N–H and O–H groups in total. The molecule has 0 aliphatic carbocycles. The lowest BCUT2D eigenvalue weighted by Gasteiger charge is -2.32. The third-order valence-electron chi connectivity index (χ3n) is 5.56. The van der Waals surface area contributed by atoms with Crippen LogP contribution in [-0.4, -0.2) is 53.5 Å². The zero-order chi connectivity index (χ0) is 22.6. The van der Waals surface area contributed by atoms with E-state index in [0.29, 0.717) is 13.0 Å². The highest BCUT2D eigenvalue weighted by atomic mass is 32.2. The van der Waals surface area contributed by atoms with E-state index in [4.69, 9.17) is 5.14 Å². The lowest BCUT2D eigenvalue weighted by molar-refractivity contribution is -0.125. The maximum absolute atomic E-state index is 12.6. The molecule has 1 fully saturated rings. The van der Waals surface area contributed by atoms with Crippen LogP contribution in [0.2, 0.25) is 0 Å². The standard InChI is InChI=1S/C21H25N7O3S/c22-32(30,31)18-3-1-16(2-4-18)5-8-24-21(29)17-6-10-27(11-7-17)19-13-20(26-14-25-19)28-12-9-23-15-28/h1-4,9,12-15,17H,5-8,10-11H2,(H,24,29)(H2,22,30,31). The Balaban J connectivity index is 1.25. The van der Waals surface area contributed by atoms with Gasteiger partial charge in [-0.1, -0.05) is 12.1 Å². The molecule has 0 bridgehead atoms. The Morgan fingerprint density at radius 2 is 1.84 bits per heavy atom. The SMILES string of the molecule is NS(=O)(=O)c1ccc(CCNC(=O)C2CCN(c3cc(-n4ccnc4)ncn3)CC2)cc1. The van der Waals surface area contributed by atoms with Crippen molar-refractivity contribution in [3.05, 3.63) is 60.9 Å². The molecule has 1 aliphatic rings. The maximum atomic E-state index is 12.6. The van der Waals surface area contributed by atoms with E-state index in [-0.39, 0.29) is 16.7 Å². The highest BCUT2D eigenvalue weighted by Gasteiger charge is 2.25. The molecular weight excluding hydrogens is 430 g/mol. The van der Waals surface area contributed by atoms with Gasteiger partial charge in [0, 0.05) is 44.0 Å². The van der Waals surface area contributed by atoms with Crippen molar-refractivity contribution in [1.82, 2.24) is 24.8 Å². The summed E-state index contributed by atoms with van der Waals surface area (Å²) in [6.07, 6.45) is 8.88. The number of nitrogens with one attached hydrogen (secondary N) is 1. The number of sulfonamides is 1. The molecule has 3 aromatic rings. The summed E-state index contributed by atoms with van der Waals surface area (Å²) in [6.45, 7) is 1.98. The first-order chi connectivity index (χ1) is 15.4. The van der Waals surface area contributed by atoms with Crippen molar-refractivity contribution in [3.8, 4) is 5.82 Å². The maximum Gasteiger partial charge on any atom is 0.238 e. The zero-order valence-corrected chi connectivity index (χ0v) is 18.3. The van der Waals surface area contributed by atoms with E-state index in [9.17, 15) is 13.2 Å². The number of carbonyl (C=O) groups is 1. The number of hydrogen-bond donors (Lipinski definition) is 2. The molecule has 2 aromatic heterocycles. The van der Waals surface area contributed by atoms with Gasteiger partial charge in [0.15, 0.2) is 0 Å². The number of nitrogens with two attached hydrogens (primary N) is 1. The van der Waals surface area contributed by atoms with Gasteiger partial charge in [0.1, 0.15) is 24.3 Å². The summed E-state index contributed by atoms with van der Waals surface area (Å²) in [4.78, 5) is 27.5. The Morgan fingerprint density at radius 1 is 1.12 bits per heavy atom. The van der Waals surface area contributed by atoms with Crippen LogP contribution >= 0.6 is 0 Å². The number of benzene rings is 1. The third kappa shape index (κ3) is 5.29. The second-order valence-electron chi connectivity index (χ2n) is 7.70. The number of imidazole rings is 1. The van der Waals surface area contributed by atoms with Crippen molar-refractivity contribution in [2.24, 2.45) is 11.1 Å². The van der Waals surface area contributed by atoms with Crippen LogP contribution < -0.4 is 15.4 Å². The van der Waals surface area contributed by atoms with Crippen molar-refractivity contribution in [2.75, 3.05) is 24.5 Å². The van der Waals surface area contributed by atoms with Gasteiger partial charge in [-0.15, -0.1) is 0 Å². The van der Waals surface area contributed by atoms with Crippen LogP contribution in [0.4, 0.5) is 5.82 Å². The topological polar surface area (TPSA) is 136 Å². The van der Waals surface area contributed by atoms with E-state index < -0.39 is 10.0 Å². The largest absolute Gasteiger partial charge is 0.356 e. The van der Waals surface area contributed by atoms with Crippen LogP contribution in [0, 0.1) is 5.92 Å². The van der Waals surface area contributed by atoms with E-state index in [0.717, 1.165) is 43.1 Å². The highest BCUT2D eigenvalue weighted by Crippen LogP contribution is 2.23. The minimum absolute atomic E-state index is 0.0361. The summed E-state index contributed by atoms with van der Waals surface area (Å²) in [5, 5.41) is 8.10. The Bertz CT molecular complexity index is 1160. The van der Waals surface area contributed by atoms with Gasteiger partial charge in [-0.05, 0) is 37.0 Å². The first-order valence-electron chi connectivity index (χ1n) is 10.3. The molecule has 0 saturated carbocycles. The number of primary sulfonamides is 1. The molecule has 0 unspecified atom stereocenters. The summed E-state index contributed by atoms with van der Waals surface area (Å²) < 4.78 is 24.5. The van der Waals surface area contributed by atoms with Crippen LogP contribution in [0.1, 0.15) is 18.4 Å². The summed E-state index contributed by atoms with van der Waals surface area (Å²) in [7, 11) is -3.69. The Kier molecular flexibility index (Phi) is 6.47. The molecule has 11 heteroatoms. The minimum atomic E-state index is -3.69. The predicted octanol–water partition coefficient (Wildman–Crippen LogP) is 0.885. The number of aromatic nitrogens is 4. The van der Waals surface area contributed by atoms with Gasteiger partial charge in [-0.3, -0.25) is 9.36 Å². The summed E-state index contributed by atoms with van der Waals surface area (Å²) >= 11 is 0. The molecule has 10 nitrogen and oxygen atoms in total.